The van der Waals surface area contributed by atoms with Gasteiger partial charge in [0, 0.05) is 40.5 Å². The number of para-hydroxylation sites is 2. The Hall–Kier alpha value is -3.54. The average Bonchev–Trinajstić information content (AvgIpc) is 3.41. The van der Waals surface area contributed by atoms with E-state index in [0.29, 0.717) is 12.2 Å². The number of ether oxygens (including phenoxy) is 1. The predicted molar refractivity (Wildman–Crippen MR) is 111 cm³/mol. The van der Waals surface area contributed by atoms with Gasteiger partial charge in [0.25, 0.3) is 5.91 Å². The number of nitrogens with zero attached hydrogens (tertiary/aromatic N) is 2. The normalized spacial score (nSPS) is 15.9. The third-order valence-corrected chi connectivity index (χ3v) is 5.77. The molecule has 0 spiro atoms. The number of hydrogen-bond donors (Lipinski definition) is 2. The summed E-state index contributed by atoms with van der Waals surface area (Å²) in [4.78, 5) is 18.4. The van der Waals surface area contributed by atoms with Crippen LogP contribution in [0.1, 0.15) is 38.9 Å². The monoisotopic (exact) mass is 386 g/mol. The molecule has 0 unspecified atom stereocenters. The van der Waals surface area contributed by atoms with E-state index in [4.69, 9.17) is 4.74 Å². The van der Waals surface area contributed by atoms with Crippen LogP contribution in [0.2, 0.25) is 0 Å². The second kappa shape index (κ2) is 6.81. The van der Waals surface area contributed by atoms with Gasteiger partial charge in [-0.1, -0.05) is 36.4 Å². The van der Waals surface area contributed by atoms with E-state index in [9.17, 15) is 4.79 Å². The summed E-state index contributed by atoms with van der Waals surface area (Å²) >= 11 is 0. The fraction of sp³-hybridized carbons (Fsp3) is 0.217. The SMILES string of the molecule is COc1ccccc1[C@H]1c2c(n[nH]c2C)C(=O)N1CCc1c[nH]c2ccccc12. The Morgan fingerprint density at radius 1 is 1.14 bits per heavy atom. The topological polar surface area (TPSA) is 74.0 Å². The Balaban J connectivity index is 1.53. The summed E-state index contributed by atoms with van der Waals surface area (Å²) in [5, 5.41) is 8.47. The number of aryl methyl sites for hydroxylation is 1. The lowest BCUT2D eigenvalue weighted by atomic mass is 9.98. The first-order chi connectivity index (χ1) is 14.2. The lowest BCUT2D eigenvalue weighted by Crippen LogP contribution is -2.31. The largest absolute Gasteiger partial charge is 0.496 e. The van der Waals surface area contributed by atoms with Gasteiger partial charge >= 0.3 is 0 Å². The number of nitrogens with one attached hydrogen (secondary N) is 2. The van der Waals surface area contributed by atoms with Crippen molar-refractivity contribution in [2.24, 2.45) is 0 Å². The molecule has 0 fully saturated rings. The molecule has 1 aliphatic rings. The van der Waals surface area contributed by atoms with Gasteiger partial charge in [-0.05, 0) is 31.0 Å². The first kappa shape index (κ1) is 17.6. The zero-order valence-electron chi connectivity index (χ0n) is 16.4. The number of aromatic amines is 2. The first-order valence-electron chi connectivity index (χ1n) is 9.72. The van der Waals surface area contributed by atoms with Crippen molar-refractivity contribution >= 4 is 16.8 Å². The maximum Gasteiger partial charge on any atom is 0.275 e. The Morgan fingerprint density at radius 3 is 2.79 bits per heavy atom. The van der Waals surface area contributed by atoms with E-state index in [1.807, 2.05) is 54.4 Å². The number of carbonyl (C=O) groups excluding carboxylic acids is 1. The molecule has 2 aromatic heterocycles. The first-order valence-corrected chi connectivity index (χ1v) is 9.72. The van der Waals surface area contributed by atoms with E-state index < -0.39 is 0 Å². The molecule has 0 aliphatic carbocycles. The van der Waals surface area contributed by atoms with E-state index in [-0.39, 0.29) is 11.9 Å². The standard InChI is InChI=1S/C23H22N4O2/c1-14-20-21(26-25-14)23(28)27(22(20)17-8-4-6-10-19(17)29-2)12-11-15-13-24-18-9-5-3-7-16(15)18/h3-10,13,22,24H,11-12H2,1-2H3,(H,25,26)/t22-/m0/s1. The van der Waals surface area contributed by atoms with Crippen molar-refractivity contribution in [3.05, 3.63) is 82.8 Å². The van der Waals surface area contributed by atoms with Gasteiger partial charge in [0.1, 0.15) is 5.75 Å². The molecule has 5 rings (SSSR count). The Labute approximate surface area is 168 Å². The Morgan fingerprint density at radius 2 is 1.93 bits per heavy atom. The van der Waals surface area contributed by atoms with Gasteiger partial charge in [-0.25, -0.2) is 0 Å². The number of H-pyrrole nitrogens is 2. The minimum Gasteiger partial charge on any atom is -0.496 e. The van der Waals surface area contributed by atoms with Crippen LogP contribution < -0.4 is 4.74 Å². The highest BCUT2D eigenvalue weighted by Crippen LogP contribution is 2.42. The molecule has 0 bridgehead atoms. The van der Waals surface area contributed by atoms with E-state index in [2.05, 4.69) is 27.3 Å². The van der Waals surface area contributed by atoms with Gasteiger partial charge in [0.2, 0.25) is 0 Å². The average molecular weight is 386 g/mol. The van der Waals surface area contributed by atoms with Gasteiger partial charge in [-0.2, -0.15) is 5.10 Å². The molecule has 29 heavy (non-hydrogen) atoms. The van der Waals surface area contributed by atoms with Crippen LogP contribution in [-0.2, 0) is 6.42 Å². The van der Waals surface area contributed by atoms with E-state index in [1.165, 1.54) is 10.9 Å². The maximum absolute atomic E-state index is 13.2. The fourth-order valence-electron chi connectivity index (χ4n) is 4.37. The van der Waals surface area contributed by atoms with Crippen molar-refractivity contribution in [3.63, 3.8) is 0 Å². The van der Waals surface area contributed by atoms with Crippen LogP contribution >= 0.6 is 0 Å². The van der Waals surface area contributed by atoms with Crippen LogP contribution in [0.4, 0.5) is 0 Å². The number of rotatable bonds is 5. The lowest BCUT2D eigenvalue weighted by molar-refractivity contribution is 0.0744. The molecule has 1 aliphatic heterocycles. The summed E-state index contributed by atoms with van der Waals surface area (Å²) in [7, 11) is 1.66. The molecule has 2 aromatic carbocycles. The fourth-order valence-corrected chi connectivity index (χ4v) is 4.37. The zero-order chi connectivity index (χ0) is 20.0. The highest BCUT2D eigenvalue weighted by molar-refractivity contribution is 5.98. The molecule has 1 atom stereocenters. The minimum absolute atomic E-state index is 0.0416. The van der Waals surface area contributed by atoms with Crippen molar-refractivity contribution < 1.29 is 9.53 Å². The van der Waals surface area contributed by atoms with Crippen LogP contribution in [0.5, 0.6) is 5.75 Å². The van der Waals surface area contributed by atoms with Crippen LogP contribution in [0.25, 0.3) is 10.9 Å². The summed E-state index contributed by atoms with van der Waals surface area (Å²) < 4.78 is 5.61. The number of methoxy groups -OCH3 is 1. The maximum atomic E-state index is 13.2. The molecule has 4 aromatic rings. The number of aromatic nitrogens is 3. The summed E-state index contributed by atoms with van der Waals surface area (Å²) in [5.41, 5.74) is 5.66. The van der Waals surface area contributed by atoms with Gasteiger partial charge in [0.05, 0.1) is 13.2 Å². The molecule has 2 N–H and O–H groups in total. The van der Waals surface area contributed by atoms with E-state index in [1.54, 1.807) is 7.11 Å². The molecule has 0 radical (unpaired) electrons. The van der Waals surface area contributed by atoms with Gasteiger partial charge in [0.15, 0.2) is 5.69 Å². The summed E-state index contributed by atoms with van der Waals surface area (Å²) in [6.07, 6.45) is 2.79. The number of benzene rings is 2. The predicted octanol–water partition coefficient (Wildman–Crippen LogP) is 4.00. The molecular formula is C23H22N4O2. The zero-order valence-corrected chi connectivity index (χ0v) is 16.4. The molecule has 0 saturated carbocycles. The number of amides is 1. The van der Waals surface area contributed by atoms with Crippen LogP contribution in [0.3, 0.4) is 0 Å². The molecule has 1 amide bonds. The minimum atomic E-state index is -0.211. The summed E-state index contributed by atoms with van der Waals surface area (Å²) in [6, 6.07) is 15.9. The molecule has 6 nitrogen and oxygen atoms in total. The van der Waals surface area contributed by atoms with E-state index in [0.717, 1.165) is 34.5 Å². The lowest BCUT2D eigenvalue weighted by Gasteiger charge is -2.27. The van der Waals surface area contributed by atoms with Crippen LogP contribution in [0, 0.1) is 6.92 Å². The van der Waals surface area contributed by atoms with Crippen molar-refractivity contribution in [2.45, 2.75) is 19.4 Å². The van der Waals surface area contributed by atoms with Gasteiger partial charge in [-0.3, -0.25) is 9.89 Å². The quantitative estimate of drug-likeness (QED) is 0.545. The number of fused-ring (bicyclic) bond motifs is 2. The third kappa shape index (κ3) is 2.71. The number of hydrogen-bond acceptors (Lipinski definition) is 3. The number of carbonyl (C=O) groups is 1. The van der Waals surface area contributed by atoms with Crippen LogP contribution in [0.15, 0.2) is 54.7 Å². The Bertz CT molecular complexity index is 1210. The molecule has 3 heterocycles. The van der Waals surface area contributed by atoms with Crippen molar-refractivity contribution in [1.82, 2.24) is 20.1 Å². The van der Waals surface area contributed by atoms with E-state index >= 15 is 0 Å². The summed E-state index contributed by atoms with van der Waals surface area (Å²) in [5.74, 6) is 0.732. The smallest absolute Gasteiger partial charge is 0.275 e. The highest BCUT2D eigenvalue weighted by atomic mass is 16.5. The second-order valence-electron chi connectivity index (χ2n) is 7.36. The second-order valence-corrected chi connectivity index (χ2v) is 7.36. The van der Waals surface area contributed by atoms with Crippen molar-refractivity contribution in [3.8, 4) is 5.75 Å². The van der Waals surface area contributed by atoms with Crippen molar-refractivity contribution in [1.29, 1.82) is 0 Å². The third-order valence-electron chi connectivity index (χ3n) is 5.77. The van der Waals surface area contributed by atoms with Crippen LogP contribution in [-0.4, -0.2) is 39.6 Å². The molecular weight excluding hydrogens is 364 g/mol. The molecule has 6 heteroatoms. The molecule has 0 saturated heterocycles. The van der Waals surface area contributed by atoms with Gasteiger partial charge in [-0.15, -0.1) is 0 Å². The van der Waals surface area contributed by atoms with Gasteiger partial charge < -0.3 is 14.6 Å². The Kier molecular flexibility index (Phi) is 4.12. The van der Waals surface area contributed by atoms with Crippen molar-refractivity contribution in [2.75, 3.05) is 13.7 Å². The highest BCUT2D eigenvalue weighted by Gasteiger charge is 2.42. The summed E-state index contributed by atoms with van der Waals surface area (Å²) in [6.45, 7) is 2.56. The molecule has 146 valence electrons.